The van der Waals surface area contributed by atoms with E-state index in [1.165, 1.54) is 6.42 Å². The summed E-state index contributed by atoms with van der Waals surface area (Å²) < 4.78 is 0. The van der Waals surface area contributed by atoms with Crippen LogP contribution < -0.4 is 5.32 Å². The first-order chi connectivity index (χ1) is 11.7. The molecule has 2 saturated heterocycles. The Bertz CT molecular complexity index is 754. The van der Waals surface area contributed by atoms with E-state index in [4.69, 9.17) is 11.6 Å². The van der Waals surface area contributed by atoms with Crippen LogP contribution in [-0.2, 0) is 0 Å². The summed E-state index contributed by atoms with van der Waals surface area (Å²) in [7, 11) is 0. The highest BCUT2D eigenvalue weighted by Crippen LogP contribution is 2.24. The lowest BCUT2D eigenvalue weighted by Crippen LogP contribution is -2.39. The second kappa shape index (κ2) is 9.05. The van der Waals surface area contributed by atoms with Crippen molar-refractivity contribution in [2.45, 2.75) is 31.3 Å². The number of fused-ring (bicyclic) bond motifs is 2. The van der Waals surface area contributed by atoms with Crippen molar-refractivity contribution in [3.8, 4) is 11.1 Å². The van der Waals surface area contributed by atoms with Crippen LogP contribution in [0.25, 0.3) is 11.1 Å². The first-order valence-corrected chi connectivity index (χ1v) is 8.83. The van der Waals surface area contributed by atoms with Gasteiger partial charge in [0.1, 0.15) is 0 Å². The van der Waals surface area contributed by atoms with E-state index < -0.39 is 0 Å². The zero-order chi connectivity index (χ0) is 16.5. The summed E-state index contributed by atoms with van der Waals surface area (Å²) in [5.74, 6) is 0.0765. The molecule has 0 saturated carbocycles. The monoisotopic (exact) mass is 413 g/mol. The highest BCUT2D eigenvalue weighted by Gasteiger charge is 2.31. The molecular weight excluding hydrogens is 393 g/mol. The molecule has 0 radical (unpaired) electrons. The molecule has 1 aromatic carbocycles. The van der Waals surface area contributed by atoms with Crippen molar-refractivity contribution in [1.29, 1.82) is 0 Å². The zero-order valence-corrected chi connectivity index (χ0v) is 16.6. The third-order valence-electron chi connectivity index (χ3n) is 4.97. The molecule has 26 heavy (non-hydrogen) atoms. The van der Waals surface area contributed by atoms with E-state index in [1.54, 1.807) is 12.4 Å². The number of hydrogen-bond donors (Lipinski definition) is 1. The van der Waals surface area contributed by atoms with Crippen LogP contribution in [0, 0.1) is 0 Å². The van der Waals surface area contributed by atoms with Gasteiger partial charge in [0, 0.05) is 48.2 Å². The highest BCUT2D eigenvalue weighted by molar-refractivity contribution is 6.30. The summed E-state index contributed by atoms with van der Waals surface area (Å²) in [6.45, 7) is 1.61. The number of hydrogen-bond acceptors (Lipinski definition) is 3. The first-order valence-electron chi connectivity index (χ1n) is 8.45. The normalized spacial score (nSPS) is 21.3. The minimum absolute atomic E-state index is 0. The number of halogens is 3. The van der Waals surface area contributed by atoms with Gasteiger partial charge in [-0.2, -0.15) is 0 Å². The van der Waals surface area contributed by atoms with Gasteiger partial charge in [0.05, 0.1) is 5.56 Å². The van der Waals surface area contributed by atoms with Crippen LogP contribution in [0.4, 0.5) is 0 Å². The number of benzene rings is 1. The van der Waals surface area contributed by atoms with Gasteiger partial charge < -0.3 is 10.2 Å². The van der Waals surface area contributed by atoms with Crippen molar-refractivity contribution in [1.82, 2.24) is 15.2 Å². The van der Waals surface area contributed by atoms with Crippen LogP contribution in [0.2, 0.25) is 5.02 Å². The molecule has 3 heterocycles. The Balaban J connectivity index is 0.00000121. The molecule has 4 rings (SSSR count). The van der Waals surface area contributed by atoms with Crippen LogP contribution in [0.15, 0.2) is 42.7 Å². The van der Waals surface area contributed by atoms with Crippen LogP contribution >= 0.6 is 36.4 Å². The van der Waals surface area contributed by atoms with Crippen LogP contribution in [-0.4, -0.2) is 41.0 Å². The summed E-state index contributed by atoms with van der Waals surface area (Å²) in [5, 5.41) is 4.31. The van der Waals surface area contributed by atoms with Gasteiger partial charge in [0.2, 0.25) is 0 Å². The molecule has 1 aromatic heterocycles. The van der Waals surface area contributed by atoms with Gasteiger partial charge >= 0.3 is 0 Å². The third-order valence-corrected chi connectivity index (χ3v) is 5.23. The van der Waals surface area contributed by atoms with Gasteiger partial charge in [-0.25, -0.2) is 0 Å². The molecule has 2 aliphatic heterocycles. The molecule has 1 N–H and O–H groups in total. The SMILES string of the molecule is Cl.Cl.O=C(c1cncc(-c2ccc(Cl)cc2)c1)N1CCC2CCC(C1)N2. The Morgan fingerprint density at radius 3 is 2.54 bits per heavy atom. The molecule has 2 fully saturated rings. The van der Waals surface area contributed by atoms with Gasteiger partial charge in [0.25, 0.3) is 5.91 Å². The molecule has 2 bridgehead atoms. The lowest BCUT2D eigenvalue weighted by Gasteiger charge is -2.24. The van der Waals surface area contributed by atoms with E-state index in [1.807, 2.05) is 35.2 Å². The number of aromatic nitrogens is 1. The molecular formula is C19H22Cl3N3O. The van der Waals surface area contributed by atoms with E-state index in [2.05, 4.69) is 10.3 Å². The van der Waals surface area contributed by atoms with Crippen molar-refractivity contribution in [3.05, 3.63) is 53.3 Å². The topological polar surface area (TPSA) is 45.2 Å². The molecule has 7 heteroatoms. The Morgan fingerprint density at radius 2 is 1.77 bits per heavy atom. The van der Waals surface area contributed by atoms with Gasteiger partial charge in [-0.3, -0.25) is 9.78 Å². The lowest BCUT2D eigenvalue weighted by atomic mass is 10.0. The number of nitrogens with one attached hydrogen (secondary N) is 1. The molecule has 0 aliphatic carbocycles. The quantitative estimate of drug-likeness (QED) is 0.800. The minimum atomic E-state index is 0. The second-order valence-corrected chi connectivity index (χ2v) is 7.08. The van der Waals surface area contributed by atoms with E-state index in [0.29, 0.717) is 22.7 Å². The molecule has 2 unspecified atom stereocenters. The maximum atomic E-state index is 12.9. The fraction of sp³-hybridized carbons (Fsp3) is 0.368. The van der Waals surface area contributed by atoms with Crippen molar-refractivity contribution < 1.29 is 4.79 Å². The summed E-state index contributed by atoms with van der Waals surface area (Å²) >= 11 is 5.95. The zero-order valence-electron chi connectivity index (χ0n) is 14.2. The van der Waals surface area contributed by atoms with Crippen molar-refractivity contribution in [3.63, 3.8) is 0 Å². The van der Waals surface area contributed by atoms with Gasteiger partial charge in [-0.05, 0) is 43.0 Å². The molecule has 2 aromatic rings. The van der Waals surface area contributed by atoms with E-state index >= 15 is 0 Å². The lowest BCUT2D eigenvalue weighted by molar-refractivity contribution is 0.0748. The number of carbonyl (C=O) groups is 1. The summed E-state index contributed by atoms with van der Waals surface area (Å²) in [5.41, 5.74) is 2.60. The largest absolute Gasteiger partial charge is 0.337 e. The first kappa shape index (κ1) is 21.0. The average Bonchev–Trinajstić information content (AvgIpc) is 2.94. The van der Waals surface area contributed by atoms with Crippen LogP contribution in [0.5, 0.6) is 0 Å². The molecule has 4 nitrogen and oxygen atoms in total. The number of likely N-dealkylation sites (tertiary alicyclic amines) is 1. The maximum Gasteiger partial charge on any atom is 0.255 e. The van der Waals surface area contributed by atoms with Gasteiger partial charge in [0.15, 0.2) is 0 Å². The van der Waals surface area contributed by atoms with Crippen molar-refractivity contribution in [2.24, 2.45) is 0 Å². The minimum Gasteiger partial charge on any atom is -0.337 e. The second-order valence-electron chi connectivity index (χ2n) is 6.65. The maximum absolute atomic E-state index is 12.9. The molecule has 1 amide bonds. The number of pyridine rings is 1. The fourth-order valence-electron chi connectivity index (χ4n) is 3.67. The summed E-state index contributed by atoms with van der Waals surface area (Å²) in [4.78, 5) is 19.1. The Labute approximate surface area is 171 Å². The number of amides is 1. The fourth-order valence-corrected chi connectivity index (χ4v) is 3.79. The van der Waals surface area contributed by atoms with E-state index in [0.717, 1.165) is 37.1 Å². The number of nitrogens with zero attached hydrogens (tertiary/aromatic N) is 2. The summed E-state index contributed by atoms with van der Waals surface area (Å²) in [6, 6.07) is 10.5. The van der Waals surface area contributed by atoms with Crippen molar-refractivity contribution in [2.75, 3.05) is 13.1 Å². The van der Waals surface area contributed by atoms with Crippen LogP contribution in [0.1, 0.15) is 29.6 Å². The number of carbonyl (C=O) groups excluding carboxylic acids is 1. The smallest absolute Gasteiger partial charge is 0.255 e. The predicted octanol–water partition coefficient (Wildman–Crippen LogP) is 4.21. The molecule has 2 aliphatic rings. The van der Waals surface area contributed by atoms with E-state index in [-0.39, 0.29) is 30.7 Å². The highest BCUT2D eigenvalue weighted by atomic mass is 35.5. The standard InChI is InChI=1S/C19H20ClN3O.2ClH/c20-16-3-1-13(2-4-16)14-9-15(11-21-10-14)19(24)23-8-7-17-5-6-18(12-23)22-17;;/h1-4,9-11,17-18,22H,5-8,12H2;2*1H. The average molecular weight is 415 g/mol. The Morgan fingerprint density at radius 1 is 1.04 bits per heavy atom. The molecule has 140 valence electrons. The number of rotatable bonds is 2. The van der Waals surface area contributed by atoms with Crippen LogP contribution in [0.3, 0.4) is 0 Å². The van der Waals surface area contributed by atoms with Gasteiger partial charge in [-0.15, -0.1) is 24.8 Å². The van der Waals surface area contributed by atoms with Crippen molar-refractivity contribution >= 4 is 42.3 Å². The summed E-state index contributed by atoms with van der Waals surface area (Å²) in [6.07, 6.45) is 6.88. The van der Waals surface area contributed by atoms with E-state index in [9.17, 15) is 4.79 Å². The Kier molecular flexibility index (Phi) is 7.30. The molecule has 2 atom stereocenters. The predicted molar refractivity (Wildman–Crippen MR) is 110 cm³/mol. The van der Waals surface area contributed by atoms with Gasteiger partial charge in [-0.1, -0.05) is 23.7 Å². The Hall–Kier alpha value is -1.33. The third kappa shape index (κ3) is 4.49. The molecule has 0 spiro atoms.